The number of hydrogen-bond donors (Lipinski definition) is 1. The van der Waals surface area contributed by atoms with Crippen molar-refractivity contribution in [2.45, 2.75) is 33.6 Å². The number of nitrogens with one attached hydrogen (secondary N) is 1. The second-order valence-electron chi connectivity index (χ2n) is 4.19. The van der Waals surface area contributed by atoms with Gasteiger partial charge in [-0.15, -0.1) is 11.3 Å². The van der Waals surface area contributed by atoms with Gasteiger partial charge in [-0.25, -0.2) is 15.0 Å². The van der Waals surface area contributed by atoms with Gasteiger partial charge in [-0.3, -0.25) is 0 Å². The van der Waals surface area contributed by atoms with Gasteiger partial charge in [-0.05, 0) is 42.9 Å². The van der Waals surface area contributed by atoms with Crippen LogP contribution in [0.15, 0.2) is 5.38 Å². The van der Waals surface area contributed by atoms with E-state index in [2.05, 4.69) is 56.7 Å². The summed E-state index contributed by atoms with van der Waals surface area (Å²) in [6.07, 6.45) is 2.05. The van der Waals surface area contributed by atoms with Crippen LogP contribution in [0.2, 0.25) is 0 Å². The van der Waals surface area contributed by atoms with Crippen LogP contribution in [0.25, 0.3) is 11.5 Å². The summed E-state index contributed by atoms with van der Waals surface area (Å²) in [5.41, 5.74) is 1.98. The number of aryl methyl sites for hydroxylation is 2. The highest BCUT2D eigenvalue weighted by molar-refractivity contribution is 14.1. The monoisotopic (exact) mass is 388 g/mol. The molecule has 0 aliphatic carbocycles. The molecule has 0 aliphatic rings. The van der Waals surface area contributed by atoms with E-state index in [-0.39, 0.29) is 0 Å². The summed E-state index contributed by atoms with van der Waals surface area (Å²) in [4.78, 5) is 13.8. The molecule has 2 aromatic heterocycles. The Labute approximate surface area is 131 Å². The van der Waals surface area contributed by atoms with Gasteiger partial charge in [0.25, 0.3) is 0 Å². The number of rotatable bonds is 5. The van der Waals surface area contributed by atoms with Gasteiger partial charge in [0.2, 0.25) is 0 Å². The minimum absolute atomic E-state index is 0.726. The van der Waals surface area contributed by atoms with Crippen molar-refractivity contribution in [3.8, 4) is 11.5 Å². The Balaban J connectivity index is 2.48. The highest BCUT2D eigenvalue weighted by atomic mass is 127. The SMILES string of the molecule is CCCc1nc(-c2csc(C)n2)nc(NCC)c1I. The standard InChI is InChI=1S/C13H17IN4S/c1-4-6-9-11(14)13(15-5-2)18-12(17-9)10-7-19-8(3)16-10/h7H,4-6H2,1-3H3,(H,15,17,18). The molecule has 0 amide bonds. The molecule has 1 N–H and O–H groups in total. The largest absolute Gasteiger partial charge is 0.369 e. The van der Waals surface area contributed by atoms with Gasteiger partial charge in [0, 0.05) is 11.9 Å². The van der Waals surface area contributed by atoms with E-state index in [1.165, 1.54) is 0 Å². The fourth-order valence-electron chi connectivity index (χ4n) is 1.76. The molecule has 0 spiro atoms. The zero-order valence-corrected chi connectivity index (χ0v) is 14.3. The molecule has 102 valence electrons. The van der Waals surface area contributed by atoms with E-state index in [4.69, 9.17) is 0 Å². The minimum Gasteiger partial charge on any atom is -0.369 e. The van der Waals surface area contributed by atoms with Crippen molar-refractivity contribution >= 4 is 39.7 Å². The van der Waals surface area contributed by atoms with Crippen LogP contribution in [-0.4, -0.2) is 21.5 Å². The van der Waals surface area contributed by atoms with Crippen molar-refractivity contribution in [2.24, 2.45) is 0 Å². The van der Waals surface area contributed by atoms with Crippen molar-refractivity contribution in [3.05, 3.63) is 19.7 Å². The first-order valence-corrected chi connectivity index (χ1v) is 8.34. The molecule has 19 heavy (non-hydrogen) atoms. The number of anilines is 1. The molecule has 0 aliphatic heterocycles. The van der Waals surface area contributed by atoms with Crippen LogP contribution in [-0.2, 0) is 6.42 Å². The number of aromatic nitrogens is 3. The van der Waals surface area contributed by atoms with Gasteiger partial charge in [-0.2, -0.15) is 0 Å². The predicted octanol–water partition coefficient (Wildman–Crippen LogP) is 3.90. The number of hydrogen-bond acceptors (Lipinski definition) is 5. The summed E-state index contributed by atoms with van der Waals surface area (Å²) in [6, 6.07) is 0. The Hall–Kier alpha value is -0.760. The Kier molecular flexibility index (Phi) is 5.09. The number of nitrogens with zero attached hydrogens (tertiary/aromatic N) is 3. The molecule has 0 saturated carbocycles. The maximum absolute atomic E-state index is 4.67. The van der Waals surface area contributed by atoms with Crippen molar-refractivity contribution in [2.75, 3.05) is 11.9 Å². The highest BCUT2D eigenvalue weighted by Crippen LogP contribution is 2.25. The predicted molar refractivity (Wildman–Crippen MR) is 88.8 cm³/mol. The first-order chi connectivity index (χ1) is 9.15. The molecule has 2 heterocycles. The first kappa shape index (κ1) is 14.6. The van der Waals surface area contributed by atoms with Gasteiger partial charge in [0.1, 0.15) is 11.5 Å². The molecule has 0 radical (unpaired) electrons. The average Bonchev–Trinajstić information content (AvgIpc) is 2.81. The van der Waals surface area contributed by atoms with Crippen molar-refractivity contribution in [1.29, 1.82) is 0 Å². The lowest BCUT2D eigenvalue weighted by molar-refractivity contribution is 0.865. The second-order valence-corrected chi connectivity index (χ2v) is 6.33. The molecule has 0 aromatic carbocycles. The van der Waals surface area contributed by atoms with Crippen molar-refractivity contribution < 1.29 is 0 Å². The molecule has 0 bridgehead atoms. The third-order valence-electron chi connectivity index (χ3n) is 2.60. The maximum atomic E-state index is 4.67. The summed E-state index contributed by atoms with van der Waals surface area (Å²) >= 11 is 3.95. The normalized spacial score (nSPS) is 10.7. The fraction of sp³-hybridized carbons (Fsp3) is 0.462. The Bertz CT molecular complexity index is 541. The smallest absolute Gasteiger partial charge is 0.181 e. The second kappa shape index (κ2) is 6.60. The van der Waals surface area contributed by atoms with E-state index in [9.17, 15) is 0 Å². The van der Waals surface area contributed by atoms with E-state index in [1.807, 2.05) is 12.3 Å². The van der Waals surface area contributed by atoms with Crippen LogP contribution < -0.4 is 5.32 Å². The Morgan fingerprint density at radius 3 is 2.63 bits per heavy atom. The van der Waals surface area contributed by atoms with E-state index >= 15 is 0 Å². The number of thiazole rings is 1. The molecule has 4 nitrogen and oxygen atoms in total. The van der Waals surface area contributed by atoms with Gasteiger partial charge >= 0.3 is 0 Å². The maximum Gasteiger partial charge on any atom is 0.181 e. The molecule has 0 unspecified atom stereocenters. The molecule has 0 saturated heterocycles. The number of halogens is 1. The van der Waals surface area contributed by atoms with E-state index in [0.29, 0.717) is 0 Å². The van der Waals surface area contributed by atoms with E-state index in [0.717, 1.165) is 51.0 Å². The molecule has 0 fully saturated rings. The first-order valence-electron chi connectivity index (χ1n) is 6.38. The average molecular weight is 388 g/mol. The van der Waals surface area contributed by atoms with Crippen LogP contribution in [0.4, 0.5) is 5.82 Å². The topological polar surface area (TPSA) is 50.7 Å². The Morgan fingerprint density at radius 1 is 1.26 bits per heavy atom. The zero-order chi connectivity index (χ0) is 13.8. The summed E-state index contributed by atoms with van der Waals surface area (Å²) in [7, 11) is 0. The molecule has 0 atom stereocenters. The lowest BCUT2D eigenvalue weighted by Crippen LogP contribution is -2.08. The van der Waals surface area contributed by atoms with Crippen LogP contribution >= 0.6 is 33.9 Å². The lowest BCUT2D eigenvalue weighted by Gasteiger charge is -2.10. The minimum atomic E-state index is 0.726. The summed E-state index contributed by atoms with van der Waals surface area (Å²) in [6.45, 7) is 7.09. The van der Waals surface area contributed by atoms with Gasteiger partial charge in [0.15, 0.2) is 5.82 Å². The van der Waals surface area contributed by atoms with Gasteiger partial charge in [0.05, 0.1) is 14.3 Å². The zero-order valence-electron chi connectivity index (χ0n) is 11.3. The van der Waals surface area contributed by atoms with Crippen molar-refractivity contribution in [1.82, 2.24) is 15.0 Å². The van der Waals surface area contributed by atoms with Gasteiger partial charge in [-0.1, -0.05) is 13.3 Å². The van der Waals surface area contributed by atoms with Crippen LogP contribution in [0.3, 0.4) is 0 Å². The molecule has 2 rings (SSSR count). The molecular weight excluding hydrogens is 371 g/mol. The third kappa shape index (κ3) is 3.42. The van der Waals surface area contributed by atoms with Crippen molar-refractivity contribution in [3.63, 3.8) is 0 Å². The highest BCUT2D eigenvalue weighted by Gasteiger charge is 2.14. The molecule has 6 heteroatoms. The Morgan fingerprint density at radius 2 is 2.05 bits per heavy atom. The molecular formula is C13H17IN4S. The molecule has 2 aromatic rings. The van der Waals surface area contributed by atoms with Crippen LogP contribution in [0.5, 0.6) is 0 Å². The van der Waals surface area contributed by atoms with E-state index < -0.39 is 0 Å². The third-order valence-corrected chi connectivity index (χ3v) is 4.51. The quantitative estimate of drug-likeness (QED) is 0.790. The summed E-state index contributed by atoms with van der Waals surface area (Å²) in [5, 5.41) is 6.37. The van der Waals surface area contributed by atoms with E-state index in [1.54, 1.807) is 11.3 Å². The van der Waals surface area contributed by atoms with Crippen LogP contribution in [0.1, 0.15) is 31.0 Å². The summed E-state index contributed by atoms with van der Waals surface area (Å²) in [5.74, 6) is 1.64. The van der Waals surface area contributed by atoms with Crippen LogP contribution in [0, 0.1) is 10.5 Å². The summed E-state index contributed by atoms with van der Waals surface area (Å²) < 4.78 is 1.12. The fourth-order valence-corrected chi connectivity index (χ4v) is 3.05. The van der Waals surface area contributed by atoms with Gasteiger partial charge < -0.3 is 5.32 Å². The lowest BCUT2D eigenvalue weighted by atomic mass is 10.2.